The Labute approximate surface area is 114 Å². The van der Waals surface area contributed by atoms with E-state index in [2.05, 4.69) is 26.1 Å². The molecule has 0 unspecified atom stereocenters. The molecule has 0 atom stereocenters. The van der Waals surface area contributed by atoms with Gasteiger partial charge in [-0.1, -0.05) is 20.8 Å². The summed E-state index contributed by atoms with van der Waals surface area (Å²) in [6.07, 6.45) is 0.222. The summed E-state index contributed by atoms with van der Waals surface area (Å²) in [6.45, 7) is 10.7. The number of nitrogens with one attached hydrogen (secondary N) is 1. The molecule has 0 aliphatic rings. The minimum atomic E-state index is -0.228. The Morgan fingerprint density at radius 2 is 1.89 bits per heavy atom. The average Bonchev–Trinajstić information content (AvgIpc) is 2.19. The third kappa shape index (κ3) is 11.9. The van der Waals surface area contributed by atoms with Gasteiger partial charge in [-0.25, -0.2) is 0 Å². The van der Waals surface area contributed by atoms with Crippen molar-refractivity contribution >= 4 is 23.5 Å². The smallest absolute Gasteiger partial charge is 0.307 e. The number of hydrogen-bond acceptors (Lipinski definition) is 5. The first kappa shape index (κ1) is 17.4. The van der Waals surface area contributed by atoms with Crippen LogP contribution in [0.3, 0.4) is 0 Å². The minimum Gasteiger partial charge on any atom is -0.463 e. The molecule has 0 aromatic rings. The fourth-order valence-electron chi connectivity index (χ4n) is 1.09. The normalized spacial score (nSPS) is 11.7. The molecule has 0 bridgehead atoms. The Morgan fingerprint density at radius 3 is 2.39 bits per heavy atom. The highest BCUT2D eigenvalue weighted by molar-refractivity contribution is 8.01. The van der Waals surface area contributed by atoms with Gasteiger partial charge < -0.3 is 10.1 Å². The van der Waals surface area contributed by atoms with Gasteiger partial charge in [0.2, 0.25) is 0 Å². The summed E-state index contributed by atoms with van der Waals surface area (Å²) in [5.74, 6) is 0.439. The van der Waals surface area contributed by atoms with Gasteiger partial charge in [0.05, 0.1) is 24.8 Å². The van der Waals surface area contributed by atoms with E-state index in [1.54, 1.807) is 11.8 Å². The quantitative estimate of drug-likeness (QED) is 0.542. The molecular formula is C13H25NO3S. The summed E-state index contributed by atoms with van der Waals surface area (Å²) in [4.78, 5) is 22.7. The van der Waals surface area contributed by atoms with Gasteiger partial charge in [0.15, 0.2) is 5.78 Å². The Hall–Kier alpha value is -0.550. The summed E-state index contributed by atoms with van der Waals surface area (Å²) in [6, 6.07) is 0. The number of esters is 1. The molecule has 0 aromatic carbocycles. The number of carbonyl (C=O) groups is 2. The van der Waals surface area contributed by atoms with Gasteiger partial charge in [-0.15, -0.1) is 11.8 Å². The third-order valence-corrected chi connectivity index (χ3v) is 3.19. The largest absolute Gasteiger partial charge is 0.463 e. The molecule has 0 aliphatic carbocycles. The zero-order chi connectivity index (χ0) is 14.2. The molecule has 5 heteroatoms. The summed E-state index contributed by atoms with van der Waals surface area (Å²) in [5.41, 5.74) is 0. The van der Waals surface area contributed by atoms with Gasteiger partial charge in [0.25, 0.3) is 0 Å². The molecule has 0 amide bonds. The molecule has 0 heterocycles. The molecule has 0 saturated carbocycles. The van der Waals surface area contributed by atoms with Crippen LogP contribution in [-0.4, -0.2) is 41.4 Å². The minimum absolute atomic E-state index is 0.0812. The molecule has 0 aromatic heterocycles. The second-order valence-electron chi connectivity index (χ2n) is 5.41. The lowest BCUT2D eigenvalue weighted by atomic mass is 10.3. The van der Waals surface area contributed by atoms with Crippen LogP contribution < -0.4 is 5.32 Å². The van der Waals surface area contributed by atoms with Crippen LogP contribution in [0.2, 0.25) is 0 Å². The van der Waals surface area contributed by atoms with Crippen LogP contribution in [0, 0.1) is 0 Å². The lowest BCUT2D eigenvalue weighted by Gasteiger charge is -2.16. The molecule has 0 rings (SSSR count). The molecule has 0 spiro atoms. The lowest BCUT2D eigenvalue weighted by Crippen LogP contribution is -2.28. The van der Waals surface area contributed by atoms with Gasteiger partial charge >= 0.3 is 5.97 Å². The second kappa shape index (κ2) is 8.53. The van der Waals surface area contributed by atoms with E-state index in [1.165, 1.54) is 0 Å². The first-order valence-electron chi connectivity index (χ1n) is 6.26. The fourth-order valence-corrected chi connectivity index (χ4v) is 1.78. The van der Waals surface area contributed by atoms with Crippen molar-refractivity contribution in [2.45, 2.75) is 51.9 Å². The van der Waals surface area contributed by atoms with E-state index < -0.39 is 0 Å². The summed E-state index contributed by atoms with van der Waals surface area (Å²) in [7, 11) is 0. The first-order valence-corrected chi connectivity index (χ1v) is 7.25. The molecule has 1 N–H and O–H groups in total. The maximum atomic E-state index is 11.5. The highest BCUT2D eigenvalue weighted by atomic mass is 32.2. The van der Waals surface area contributed by atoms with Crippen LogP contribution in [0.25, 0.3) is 0 Å². The van der Waals surface area contributed by atoms with Gasteiger partial charge in [-0.2, -0.15) is 0 Å². The van der Waals surface area contributed by atoms with Crippen LogP contribution in [-0.2, 0) is 14.3 Å². The number of Topliss-reactive ketones (excluding diaryl/α,β-unsaturated/α-hetero) is 1. The fraction of sp³-hybridized carbons (Fsp3) is 0.846. The van der Waals surface area contributed by atoms with Crippen LogP contribution in [0.15, 0.2) is 0 Å². The maximum absolute atomic E-state index is 11.5. The highest BCUT2D eigenvalue weighted by Gasteiger charge is 2.13. The number of ketones is 1. The van der Waals surface area contributed by atoms with Crippen LogP contribution in [0.4, 0.5) is 0 Å². The highest BCUT2D eigenvalue weighted by Crippen LogP contribution is 2.22. The van der Waals surface area contributed by atoms with E-state index in [4.69, 9.17) is 4.74 Å². The topological polar surface area (TPSA) is 55.4 Å². The van der Waals surface area contributed by atoms with E-state index in [9.17, 15) is 9.59 Å². The van der Waals surface area contributed by atoms with Gasteiger partial charge in [0, 0.05) is 11.3 Å². The standard InChI is InChI=1S/C13H25NO3S/c1-10(2)17-12(16)6-7-14-8-11(15)9-18-13(3,4)5/h10,14H,6-9H2,1-5H3. The van der Waals surface area contributed by atoms with Crippen molar-refractivity contribution in [3.63, 3.8) is 0 Å². The predicted molar refractivity (Wildman–Crippen MR) is 75.9 cm³/mol. The molecule has 0 fully saturated rings. The molecule has 0 radical (unpaired) electrons. The molecule has 4 nitrogen and oxygen atoms in total. The average molecular weight is 275 g/mol. The first-order chi connectivity index (χ1) is 8.20. The number of thioether (sulfide) groups is 1. The van der Waals surface area contributed by atoms with Crippen molar-refractivity contribution in [3.8, 4) is 0 Å². The molecule has 0 saturated heterocycles. The second-order valence-corrected chi connectivity index (χ2v) is 7.21. The number of carbonyl (C=O) groups excluding carboxylic acids is 2. The molecular weight excluding hydrogens is 250 g/mol. The van der Waals surface area contributed by atoms with Crippen molar-refractivity contribution in [2.75, 3.05) is 18.8 Å². The zero-order valence-corrected chi connectivity index (χ0v) is 12.9. The van der Waals surface area contributed by atoms with Crippen LogP contribution in [0.1, 0.15) is 41.0 Å². The Bertz CT molecular complexity index is 272. The van der Waals surface area contributed by atoms with Crippen molar-refractivity contribution in [1.29, 1.82) is 0 Å². The van der Waals surface area contributed by atoms with E-state index >= 15 is 0 Å². The zero-order valence-electron chi connectivity index (χ0n) is 12.0. The summed E-state index contributed by atoms with van der Waals surface area (Å²) < 4.78 is 5.09. The van der Waals surface area contributed by atoms with Crippen molar-refractivity contribution in [1.82, 2.24) is 5.32 Å². The Kier molecular flexibility index (Phi) is 8.27. The van der Waals surface area contributed by atoms with E-state index in [0.717, 1.165) is 0 Å². The lowest BCUT2D eigenvalue weighted by molar-refractivity contribution is -0.147. The molecule has 0 aliphatic heterocycles. The van der Waals surface area contributed by atoms with Crippen molar-refractivity contribution in [2.24, 2.45) is 0 Å². The number of hydrogen-bond donors (Lipinski definition) is 1. The summed E-state index contributed by atoms with van der Waals surface area (Å²) in [5, 5.41) is 2.96. The maximum Gasteiger partial charge on any atom is 0.307 e. The number of ether oxygens (including phenoxy) is 1. The van der Waals surface area contributed by atoms with Crippen LogP contribution >= 0.6 is 11.8 Å². The van der Waals surface area contributed by atoms with Crippen molar-refractivity contribution < 1.29 is 14.3 Å². The van der Waals surface area contributed by atoms with E-state index in [-0.39, 0.29) is 22.6 Å². The molecule has 106 valence electrons. The summed E-state index contributed by atoms with van der Waals surface area (Å²) >= 11 is 1.63. The Morgan fingerprint density at radius 1 is 1.28 bits per heavy atom. The van der Waals surface area contributed by atoms with Gasteiger partial charge in [-0.05, 0) is 13.8 Å². The van der Waals surface area contributed by atoms with Gasteiger partial charge in [0.1, 0.15) is 0 Å². The van der Waals surface area contributed by atoms with Crippen LogP contribution in [0.5, 0.6) is 0 Å². The number of rotatable bonds is 8. The predicted octanol–water partition coefficient (Wildman–Crippen LogP) is 2.02. The SMILES string of the molecule is CC(C)OC(=O)CCNCC(=O)CSC(C)(C)C. The monoisotopic (exact) mass is 275 g/mol. The van der Waals surface area contributed by atoms with E-state index in [1.807, 2.05) is 13.8 Å². The van der Waals surface area contributed by atoms with Crippen molar-refractivity contribution in [3.05, 3.63) is 0 Å². The third-order valence-electron chi connectivity index (χ3n) is 1.86. The van der Waals surface area contributed by atoms with Gasteiger partial charge in [-0.3, -0.25) is 9.59 Å². The Balaban J connectivity index is 3.55. The van der Waals surface area contributed by atoms with E-state index in [0.29, 0.717) is 25.3 Å². The molecule has 18 heavy (non-hydrogen) atoms.